The number of halogens is 1. The summed E-state index contributed by atoms with van der Waals surface area (Å²) < 4.78 is 0. The molecular weight excluding hydrogens is 358 g/mol. The Bertz CT molecular complexity index is 698. The minimum absolute atomic E-state index is 0. The second kappa shape index (κ2) is 9.88. The van der Waals surface area contributed by atoms with Crippen molar-refractivity contribution < 1.29 is 4.79 Å². The number of hydrogen-bond donors (Lipinski definition) is 1. The van der Waals surface area contributed by atoms with E-state index in [1.807, 2.05) is 30.3 Å². The second-order valence-corrected chi connectivity index (χ2v) is 7.43. The average molecular weight is 388 g/mol. The molecule has 1 aliphatic rings. The number of amides is 1. The lowest BCUT2D eigenvalue weighted by Gasteiger charge is -2.46. The standard InChI is InChI=1S/C22H29N3O.ClH/c1-24(2)22(18-23-21(26)20-11-7-4-8-12-20)13-15-25(16-14-22)17-19-9-5-3-6-10-19;/h3-12H,13-18H2,1-2H3,(H,23,26);1H. The van der Waals surface area contributed by atoms with Crippen LogP contribution in [-0.2, 0) is 6.54 Å². The van der Waals surface area contributed by atoms with E-state index in [9.17, 15) is 4.79 Å². The van der Waals surface area contributed by atoms with Gasteiger partial charge in [0.1, 0.15) is 0 Å². The van der Waals surface area contributed by atoms with Gasteiger partial charge >= 0.3 is 0 Å². The highest BCUT2D eigenvalue weighted by atomic mass is 35.5. The molecule has 0 aromatic heterocycles. The van der Waals surface area contributed by atoms with E-state index in [4.69, 9.17) is 0 Å². The first-order valence-corrected chi connectivity index (χ1v) is 9.36. The number of carbonyl (C=O) groups excluding carboxylic acids is 1. The monoisotopic (exact) mass is 387 g/mol. The molecule has 4 nitrogen and oxygen atoms in total. The van der Waals surface area contributed by atoms with Crippen molar-refractivity contribution in [3.05, 3.63) is 71.8 Å². The highest BCUT2D eigenvalue weighted by Gasteiger charge is 2.36. The molecule has 0 aliphatic carbocycles. The maximum absolute atomic E-state index is 12.4. The molecule has 1 aliphatic heterocycles. The summed E-state index contributed by atoms with van der Waals surface area (Å²) in [6.45, 7) is 3.79. The Balaban J connectivity index is 0.00000261. The van der Waals surface area contributed by atoms with Gasteiger partial charge < -0.3 is 10.2 Å². The Morgan fingerprint density at radius 2 is 1.56 bits per heavy atom. The Morgan fingerprint density at radius 3 is 2.11 bits per heavy atom. The van der Waals surface area contributed by atoms with Gasteiger partial charge in [-0.05, 0) is 44.6 Å². The molecule has 1 N–H and O–H groups in total. The molecule has 27 heavy (non-hydrogen) atoms. The largest absolute Gasteiger partial charge is 0.350 e. The van der Waals surface area contributed by atoms with Gasteiger partial charge in [0.15, 0.2) is 0 Å². The molecule has 1 saturated heterocycles. The summed E-state index contributed by atoms with van der Waals surface area (Å²) in [7, 11) is 4.25. The van der Waals surface area contributed by atoms with Gasteiger partial charge in [-0.1, -0.05) is 48.5 Å². The lowest BCUT2D eigenvalue weighted by atomic mass is 9.85. The Morgan fingerprint density at radius 1 is 1.00 bits per heavy atom. The number of carbonyl (C=O) groups is 1. The van der Waals surface area contributed by atoms with Crippen LogP contribution >= 0.6 is 12.4 Å². The molecule has 0 radical (unpaired) electrons. The lowest BCUT2D eigenvalue weighted by Crippen LogP contribution is -2.58. The number of hydrogen-bond acceptors (Lipinski definition) is 3. The molecule has 0 unspecified atom stereocenters. The number of piperidine rings is 1. The molecule has 1 heterocycles. The summed E-state index contributed by atoms with van der Waals surface area (Å²) >= 11 is 0. The summed E-state index contributed by atoms with van der Waals surface area (Å²) in [6, 6.07) is 20.1. The fraction of sp³-hybridized carbons (Fsp3) is 0.409. The fourth-order valence-corrected chi connectivity index (χ4v) is 3.69. The molecule has 2 aromatic carbocycles. The van der Waals surface area contributed by atoms with E-state index in [0.29, 0.717) is 6.54 Å². The van der Waals surface area contributed by atoms with Crippen LogP contribution in [0.15, 0.2) is 60.7 Å². The van der Waals surface area contributed by atoms with Crippen LogP contribution in [0, 0.1) is 0 Å². The van der Waals surface area contributed by atoms with Crippen molar-refractivity contribution in [1.82, 2.24) is 15.1 Å². The van der Waals surface area contributed by atoms with Gasteiger partial charge in [0.25, 0.3) is 5.91 Å². The van der Waals surface area contributed by atoms with Crippen molar-refractivity contribution in [2.24, 2.45) is 0 Å². The van der Waals surface area contributed by atoms with E-state index in [2.05, 4.69) is 59.5 Å². The van der Waals surface area contributed by atoms with Gasteiger partial charge in [-0.2, -0.15) is 0 Å². The molecule has 5 heteroatoms. The summed E-state index contributed by atoms with van der Waals surface area (Å²) in [5.74, 6) is 0.0125. The molecule has 0 bridgehead atoms. The van der Waals surface area contributed by atoms with E-state index in [1.165, 1.54) is 5.56 Å². The predicted molar refractivity (Wildman–Crippen MR) is 113 cm³/mol. The van der Waals surface area contributed by atoms with E-state index >= 15 is 0 Å². The third kappa shape index (κ3) is 5.55. The third-order valence-corrected chi connectivity index (χ3v) is 5.60. The number of likely N-dealkylation sites (N-methyl/N-ethyl adjacent to an activating group) is 1. The molecule has 146 valence electrons. The number of likely N-dealkylation sites (tertiary alicyclic amines) is 1. The molecule has 0 saturated carbocycles. The quantitative estimate of drug-likeness (QED) is 0.824. The van der Waals surface area contributed by atoms with E-state index in [0.717, 1.165) is 38.0 Å². The van der Waals surface area contributed by atoms with Gasteiger partial charge in [-0.3, -0.25) is 9.69 Å². The van der Waals surface area contributed by atoms with Crippen LogP contribution in [-0.4, -0.2) is 55.0 Å². The number of benzene rings is 2. The van der Waals surface area contributed by atoms with Crippen molar-refractivity contribution in [2.75, 3.05) is 33.7 Å². The number of nitrogens with zero attached hydrogens (tertiary/aromatic N) is 2. The zero-order valence-corrected chi connectivity index (χ0v) is 17.0. The topological polar surface area (TPSA) is 35.6 Å². The van der Waals surface area contributed by atoms with Crippen molar-refractivity contribution in [2.45, 2.75) is 24.9 Å². The van der Waals surface area contributed by atoms with E-state index in [-0.39, 0.29) is 23.9 Å². The summed E-state index contributed by atoms with van der Waals surface area (Å²) in [4.78, 5) is 17.2. The molecule has 2 aromatic rings. The van der Waals surface area contributed by atoms with Crippen molar-refractivity contribution in [3.63, 3.8) is 0 Å². The molecule has 0 spiro atoms. The summed E-state index contributed by atoms with van der Waals surface area (Å²) in [6.07, 6.45) is 2.11. The van der Waals surface area contributed by atoms with Crippen LogP contribution < -0.4 is 5.32 Å². The van der Waals surface area contributed by atoms with Crippen LogP contribution in [0.1, 0.15) is 28.8 Å². The Hall–Kier alpha value is -1.88. The average Bonchev–Trinajstić information content (AvgIpc) is 2.68. The second-order valence-electron chi connectivity index (χ2n) is 7.43. The molecule has 1 fully saturated rings. The predicted octanol–water partition coefficient (Wildman–Crippen LogP) is 3.43. The van der Waals surface area contributed by atoms with Crippen molar-refractivity contribution >= 4 is 18.3 Å². The van der Waals surface area contributed by atoms with E-state index in [1.54, 1.807) is 0 Å². The third-order valence-electron chi connectivity index (χ3n) is 5.60. The highest BCUT2D eigenvalue weighted by molar-refractivity contribution is 5.94. The first-order valence-electron chi connectivity index (χ1n) is 9.36. The van der Waals surface area contributed by atoms with Crippen molar-refractivity contribution in [3.8, 4) is 0 Å². The van der Waals surface area contributed by atoms with Crippen LogP contribution in [0.4, 0.5) is 0 Å². The minimum Gasteiger partial charge on any atom is -0.350 e. The molecule has 1 amide bonds. The van der Waals surface area contributed by atoms with E-state index < -0.39 is 0 Å². The van der Waals surface area contributed by atoms with Crippen LogP contribution in [0.3, 0.4) is 0 Å². The highest BCUT2D eigenvalue weighted by Crippen LogP contribution is 2.27. The smallest absolute Gasteiger partial charge is 0.251 e. The first kappa shape index (κ1) is 21.4. The lowest BCUT2D eigenvalue weighted by molar-refractivity contribution is 0.0504. The van der Waals surface area contributed by atoms with Crippen LogP contribution in [0.25, 0.3) is 0 Å². The minimum atomic E-state index is 0. The maximum atomic E-state index is 12.4. The normalized spacial score (nSPS) is 16.6. The number of rotatable bonds is 6. The Kier molecular flexibility index (Phi) is 7.84. The maximum Gasteiger partial charge on any atom is 0.251 e. The molecular formula is C22H30ClN3O. The zero-order chi connectivity index (χ0) is 18.4. The summed E-state index contributed by atoms with van der Waals surface area (Å²) in [5, 5.41) is 3.16. The van der Waals surface area contributed by atoms with Gasteiger partial charge in [0.05, 0.1) is 0 Å². The van der Waals surface area contributed by atoms with Crippen LogP contribution in [0.2, 0.25) is 0 Å². The van der Waals surface area contributed by atoms with Crippen LogP contribution in [0.5, 0.6) is 0 Å². The van der Waals surface area contributed by atoms with Gasteiger partial charge in [0.2, 0.25) is 0 Å². The summed E-state index contributed by atoms with van der Waals surface area (Å²) in [5.41, 5.74) is 2.11. The Labute approximate surface area is 169 Å². The SMILES string of the molecule is CN(C)C1(CNC(=O)c2ccccc2)CCN(Cc2ccccc2)CC1.Cl. The molecule has 3 rings (SSSR count). The first-order chi connectivity index (χ1) is 12.6. The van der Waals surface area contributed by atoms with Gasteiger partial charge in [0, 0.05) is 37.3 Å². The molecule has 0 atom stereocenters. The zero-order valence-electron chi connectivity index (χ0n) is 16.2. The van der Waals surface area contributed by atoms with Crippen molar-refractivity contribution in [1.29, 1.82) is 0 Å². The van der Waals surface area contributed by atoms with Gasteiger partial charge in [-0.25, -0.2) is 0 Å². The number of nitrogens with one attached hydrogen (secondary N) is 1. The fourth-order valence-electron chi connectivity index (χ4n) is 3.69. The van der Waals surface area contributed by atoms with Gasteiger partial charge in [-0.15, -0.1) is 12.4 Å².